The minimum absolute atomic E-state index is 1.06. The van der Waals surface area contributed by atoms with E-state index in [-0.39, 0.29) is 0 Å². The molecule has 0 aliphatic carbocycles. The lowest BCUT2D eigenvalue weighted by molar-refractivity contribution is 0.930. The van der Waals surface area contributed by atoms with Crippen LogP contribution >= 0.6 is 0 Å². The van der Waals surface area contributed by atoms with Crippen LogP contribution in [0.2, 0.25) is 0 Å². The Bertz CT molecular complexity index is 175. The van der Waals surface area contributed by atoms with Gasteiger partial charge in [0.15, 0.2) is 0 Å². The summed E-state index contributed by atoms with van der Waals surface area (Å²) in [7, 11) is 0. The summed E-state index contributed by atoms with van der Waals surface area (Å²) >= 11 is 0. The second kappa shape index (κ2) is 3.07. The number of allylic oxidation sites excluding steroid dienone is 1. The summed E-state index contributed by atoms with van der Waals surface area (Å²) in [6.07, 6.45) is 8.74. The maximum Gasteiger partial charge on any atom is 0.0493 e. The molecule has 2 heteroatoms. The summed E-state index contributed by atoms with van der Waals surface area (Å²) in [5.41, 5.74) is 0. The molecule has 0 bridgehead atoms. The second-order valence-corrected chi connectivity index (χ2v) is 1.78. The summed E-state index contributed by atoms with van der Waals surface area (Å²) in [5.74, 6) is 0. The maximum atomic E-state index is 3.98. The van der Waals surface area contributed by atoms with E-state index < -0.39 is 0 Å². The summed E-state index contributed by atoms with van der Waals surface area (Å²) in [6.45, 7) is 2.10. The molecule has 0 amide bonds. The van der Waals surface area contributed by atoms with Crippen molar-refractivity contribution in [2.24, 2.45) is 0 Å². The van der Waals surface area contributed by atoms with Gasteiger partial charge in [0.2, 0.25) is 0 Å². The van der Waals surface area contributed by atoms with Gasteiger partial charge in [0.05, 0.1) is 0 Å². The highest BCUT2D eigenvalue weighted by Gasteiger charge is 1.76. The van der Waals surface area contributed by atoms with E-state index in [4.69, 9.17) is 0 Å². The zero-order chi connectivity index (χ0) is 6.53. The molecular formula is C7H10N2. The van der Waals surface area contributed by atoms with Gasteiger partial charge in [0, 0.05) is 18.6 Å². The first-order valence-corrected chi connectivity index (χ1v) is 3.09. The lowest BCUT2D eigenvalue weighted by Gasteiger charge is -1.85. The summed E-state index contributed by atoms with van der Waals surface area (Å²) in [5, 5.41) is 3.98. The van der Waals surface area contributed by atoms with Crippen LogP contribution in [0.4, 0.5) is 0 Å². The SMILES string of the molecule is CCC=Cn1cccn1. The standard InChI is InChI=1S/C7H10N2/c1-2-3-6-9-7-4-5-8-9/h3-7H,2H2,1H3. The highest BCUT2D eigenvalue weighted by molar-refractivity contribution is 5.18. The molecular weight excluding hydrogens is 112 g/mol. The van der Waals surface area contributed by atoms with Crippen LogP contribution in [-0.4, -0.2) is 9.78 Å². The highest BCUT2D eigenvalue weighted by atomic mass is 15.2. The van der Waals surface area contributed by atoms with Crippen molar-refractivity contribution < 1.29 is 0 Å². The Hall–Kier alpha value is -1.05. The maximum absolute atomic E-state index is 3.98. The van der Waals surface area contributed by atoms with E-state index in [1.54, 1.807) is 10.9 Å². The van der Waals surface area contributed by atoms with Crippen molar-refractivity contribution >= 4 is 6.20 Å². The first-order chi connectivity index (χ1) is 4.43. The third-order valence-electron chi connectivity index (χ3n) is 1.02. The molecule has 0 fully saturated rings. The molecule has 0 aliphatic rings. The van der Waals surface area contributed by atoms with Crippen molar-refractivity contribution in [1.29, 1.82) is 0 Å². The van der Waals surface area contributed by atoms with E-state index in [1.165, 1.54) is 0 Å². The van der Waals surface area contributed by atoms with Crippen molar-refractivity contribution in [2.75, 3.05) is 0 Å². The smallest absolute Gasteiger partial charge is 0.0493 e. The Balaban J connectivity index is 2.57. The van der Waals surface area contributed by atoms with E-state index in [9.17, 15) is 0 Å². The van der Waals surface area contributed by atoms with E-state index in [0.717, 1.165) is 6.42 Å². The molecule has 0 N–H and O–H groups in total. The van der Waals surface area contributed by atoms with Crippen LogP contribution in [0.25, 0.3) is 6.20 Å². The second-order valence-electron chi connectivity index (χ2n) is 1.78. The van der Waals surface area contributed by atoms with Gasteiger partial charge < -0.3 is 0 Å². The molecule has 9 heavy (non-hydrogen) atoms. The molecule has 1 rings (SSSR count). The summed E-state index contributed by atoms with van der Waals surface area (Å²) in [4.78, 5) is 0. The van der Waals surface area contributed by atoms with Gasteiger partial charge in [-0.25, -0.2) is 4.68 Å². The van der Waals surface area contributed by atoms with E-state index in [2.05, 4.69) is 18.1 Å². The van der Waals surface area contributed by atoms with Gasteiger partial charge in [-0.3, -0.25) is 0 Å². The minimum Gasteiger partial charge on any atom is -0.249 e. The van der Waals surface area contributed by atoms with Crippen LogP contribution in [0.1, 0.15) is 13.3 Å². The summed E-state index contributed by atoms with van der Waals surface area (Å²) in [6, 6.07) is 1.90. The summed E-state index contributed by atoms with van der Waals surface area (Å²) < 4.78 is 1.78. The fraction of sp³-hybridized carbons (Fsp3) is 0.286. The number of hydrogen-bond acceptors (Lipinski definition) is 1. The van der Waals surface area contributed by atoms with Crippen LogP contribution < -0.4 is 0 Å². The van der Waals surface area contributed by atoms with E-state index in [1.807, 2.05) is 18.5 Å². The molecule has 1 aromatic rings. The van der Waals surface area contributed by atoms with Crippen molar-refractivity contribution in [3.63, 3.8) is 0 Å². The van der Waals surface area contributed by atoms with Crippen LogP contribution in [0.5, 0.6) is 0 Å². The normalized spacial score (nSPS) is 10.8. The van der Waals surface area contributed by atoms with Gasteiger partial charge in [0.25, 0.3) is 0 Å². The number of rotatable bonds is 2. The molecule has 0 aliphatic heterocycles. The van der Waals surface area contributed by atoms with E-state index >= 15 is 0 Å². The fourth-order valence-electron chi connectivity index (χ4n) is 0.582. The molecule has 0 spiro atoms. The van der Waals surface area contributed by atoms with Gasteiger partial charge >= 0.3 is 0 Å². The predicted octanol–water partition coefficient (Wildman–Crippen LogP) is 1.76. The third kappa shape index (κ3) is 1.72. The molecule has 0 unspecified atom stereocenters. The molecule has 0 saturated carbocycles. The van der Waals surface area contributed by atoms with Crippen LogP contribution in [0.15, 0.2) is 24.5 Å². The molecule has 48 valence electrons. The Morgan fingerprint density at radius 2 is 2.56 bits per heavy atom. The molecule has 0 radical (unpaired) electrons. The zero-order valence-electron chi connectivity index (χ0n) is 5.49. The van der Waals surface area contributed by atoms with Gasteiger partial charge in [-0.1, -0.05) is 13.0 Å². The largest absolute Gasteiger partial charge is 0.249 e. The minimum atomic E-state index is 1.06. The Morgan fingerprint density at radius 3 is 3.11 bits per heavy atom. The Morgan fingerprint density at radius 1 is 1.67 bits per heavy atom. The van der Waals surface area contributed by atoms with E-state index in [0.29, 0.717) is 0 Å². The van der Waals surface area contributed by atoms with Gasteiger partial charge in [0.1, 0.15) is 0 Å². The quantitative estimate of drug-likeness (QED) is 0.584. The Kier molecular flexibility index (Phi) is 2.07. The first kappa shape index (κ1) is 6.08. The third-order valence-corrected chi connectivity index (χ3v) is 1.02. The van der Waals surface area contributed by atoms with Crippen molar-refractivity contribution in [3.8, 4) is 0 Å². The molecule has 1 heterocycles. The average molecular weight is 122 g/mol. The van der Waals surface area contributed by atoms with Crippen molar-refractivity contribution in [2.45, 2.75) is 13.3 Å². The van der Waals surface area contributed by atoms with Gasteiger partial charge in [-0.05, 0) is 12.5 Å². The highest BCUT2D eigenvalue weighted by Crippen LogP contribution is 1.86. The van der Waals surface area contributed by atoms with Gasteiger partial charge in [-0.2, -0.15) is 5.10 Å². The molecule has 2 nitrogen and oxygen atoms in total. The molecule has 1 aromatic heterocycles. The predicted molar refractivity (Wildman–Crippen MR) is 37.8 cm³/mol. The van der Waals surface area contributed by atoms with Crippen LogP contribution in [0, 0.1) is 0 Å². The number of nitrogens with zero attached hydrogens (tertiary/aromatic N) is 2. The average Bonchev–Trinajstić information content (AvgIpc) is 2.34. The lowest BCUT2D eigenvalue weighted by atomic mass is 10.5. The van der Waals surface area contributed by atoms with Gasteiger partial charge in [-0.15, -0.1) is 0 Å². The van der Waals surface area contributed by atoms with Crippen molar-refractivity contribution in [3.05, 3.63) is 24.5 Å². The lowest BCUT2D eigenvalue weighted by Crippen LogP contribution is -1.83. The first-order valence-electron chi connectivity index (χ1n) is 3.09. The Labute approximate surface area is 54.8 Å². The fourth-order valence-corrected chi connectivity index (χ4v) is 0.582. The topological polar surface area (TPSA) is 17.8 Å². The van der Waals surface area contributed by atoms with Crippen molar-refractivity contribution in [1.82, 2.24) is 9.78 Å². The van der Waals surface area contributed by atoms with Crippen LogP contribution in [-0.2, 0) is 0 Å². The number of aromatic nitrogens is 2. The molecule has 0 aromatic carbocycles. The molecule has 0 atom stereocenters. The van der Waals surface area contributed by atoms with Crippen LogP contribution in [0.3, 0.4) is 0 Å². The zero-order valence-corrected chi connectivity index (χ0v) is 5.49. The number of hydrogen-bond donors (Lipinski definition) is 0. The molecule has 0 saturated heterocycles. The monoisotopic (exact) mass is 122 g/mol.